The topological polar surface area (TPSA) is 92.3 Å². The molecule has 3 fully saturated rings. The zero-order valence-corrected chi connectivity index (χ0v) is 15.5. The van der Waals surface area contributed by atoms with Crippen LogP contribution in [-0.2, 0) is 9.47 Å². The number of urea groups is 1. The lowest BCUT2D eigenvalue weighted by Gasteiger charge is -2.45. The molecule has 0 spiro atoms. The number of hydrogen-bond donors (Lipinski definition) is 3. The van der Waals surface area contributed by atoms with Crippen LogP contribution < -0.4 is 15.4 Å². The van der Waals surface area contributed by atoms with Gasteiger partial charge in [0.15, 0.2) is 6.29 Å². The van der Waals surface area contributed by atoms with E-state index in [4.69, 9.17) is 14.2 Å². The molecule has 0 saturated carbocycles. The van der Waals surface area contributed by atoms with E-state index in [0.717, 1.165) is 25.9 Å². The van der Waals surface area contributed by atoms with Crippen molar-refractivity contribution in [2.45, 2.75) is 49.8 Å². The highest BCUT2D eigenvalue weighted by Gasteiger charge is 2.52. The van der Waals surface area contributed by atoms with E-state index >= 15 is 0 Å². The Kier molecular flexibility index (Phi) is 5.49. The van der Waals surface area contributed by atoms with Gasteiger partial charge in [0.25, 0.3) is 0 Å². The van der Waals surface area contributed by atoms with Crippen LogP contribution in [0.15, 0.2) is 24.3 Å². The van der Waals surface area contributed by atoms with Gasteiger partial charge in [-0.25, -0.2) is 4.79 Å². The van der Waals surface area contributed by atoms with Crippen LogP contribution in [0, 0.1) is 0 Å². The summed E-state index contributed by atoms with van der Waals surface area (Å²) in [5.74, 6) is 0.658. The molecule has 4 rings (SSSR count). The van der Waals surface area contributed by atoms with Crippen molar-refractivity contribution in [3.8, 4) is 5.75 Å². The Labute approximate surface area is 158 Å². The molecular weight excluding hydrogens is 350 g/mol. The maximum atomic E-state index is 12.5. The molecule has 0 unspecified atom stereocenters. The Balaban J connectivity index is 1.43. The van der Waals surface area contributed by atoms with E-state index in [9.17, 15) is 9.90 Å². The molecular formula is C19H27N3O5. The van der Waals surface area contributed by atoms with E-state index in [1.807, 2.05) is 0 Å². The van der Waals surface area contributed by atoms with Gasteiger partial charge in [-0.05, 0) is 38.1 Å². The average molecular weight is 377 g/mol. The van der Waals surface area contributed by atoms with Crippen LogP contribution in [0.4, 0.5) is 10.5 Å². The smallest absolute Gasteiger partial charge is 0.319 e. The normalized spacial score (nSPS) is 33.5. The van der Waals surface area contributed by atoms with Crippen LogP contribution in [0.1, 0.15) is 19.3 Å². The quantitative estimate of drug-likeness (QED) is 0.729. The predicted molar refractivity (Wildman–Crippen MR) is 98.8 cm³/mol. The predicted octanol–water partition coefficient (Wildman–Crippen LogP) is 1.16. The summed E-state index contributed by atoms with van der Waals surface area (Å²) in [5, 5.41) is 16.7. The number of carbonyl (C=O) groups is 1. The van der Waals surface area contributed by atoms with Crippen molar-refractivity contribution >= 4 is 11.7 Å². The second-order valence-corrected chi connectivity index (χ2v) is 7.31. The molecule has 1 aromatic rings. The minimum absolute atomic E-state index is 0.258. The van der Waals surface area contributed by atoms with Gasteiger partial charge in [-0.2, -0.15) is 0 Å². The van der Waals surface area contributed by atoms with E-state index in [2.05, 4.69) is 15.5 Å². The number of aliphatic hydroxyl groups excluding tert-OH is 1. The summed E-state index contributed by atoms with van der Waals surface area (Å²) < 4.78 is 16.9. The molecule has 0 aromatic heterocycles. The Bertz CT molecular complexity index is 667. The average Bonchev–Trinajstić information content (AvgIpc) is 3.11. The van der Waals surface area contributed by atoms with Gasteiger partial charge in [-0.15, -0.1) is 0 Å². The number of hydrogen-bond acceptors (Lipinski definition) is 6. The molecule has 148 valence electrons. The van der Waals surface area contributed by atoms with Gasteiger partial charge in [-0.1, -0.05) is 12.5 Å². The highest BCUT2D eigenvalue weighted by atomic mass is 16.7. The standard InChI is InChI=1S/C19H27N3O5/c1-25-13-7-5-6-12(10-13)20-19(24)21-15-14-11-26-18(27-14)16(17(15)23)22-8-3-2-4-9-22/h5-7,10,14-18,23H,2-4,8-9,11H2,1H3,(H2,20,21,24)/t14-,15-,16-,17+,18-/m1/s1. The molecule has 8 nitrogen and oxygen atoms in total. The third-order valence-corrected chi connectivity index (χ3v) is 5.57. The number of benzene rings is 1. The van der Waals surface area contributed by atoms with Crippen molar-refractivity contribution in [3.63, 3.8) is 0 Å². The number of nitrogens with one attached hydrogen (secondary N) is 2. The number of fused-ring (bicyclic) bond motifs is 2. The fourth-order valence-corrected chi connectivity index (χ4v) is 4.20. The zero-order chi connectivity index (χ0) is 18.8. The van der Waals surface area contributed by atoms with Crippen LogP contribution in [0.2, 0.25) is 0 Å². The fourth-order valence-electron chi connectivity index (χ4n) is 4.20. The molecule has 3 aliphatic rings. The molecule has 2 amide bonds. The van der Waals surface area contributed by atoms with Gasteiger partial charge < -0.3 is 30.0 Å². The number of piperidine rings is 1. The van der Waals surface area contributed by atoms with Gasteiger partial charge in [0.05, 0.1) is 31.9 Å². The number of carbonyl (C=O) groups excluding carboxylic acids is 1. The third kappa shape index (κ3) is 3.89. The minimum Gasteiger partial charge on any atom is -0.497 e. The molecule has 3 heterocycles. The fraction of sp³-hybridized carbons (Fsp3) is 0.632. The zero-order valence-electron chi connectivity index (χ0n) is 15.5. The summed E-state index contributed by atoms with van der Waals surface area (Å²) in [6.45, 7) is 2.20. The van der Waals surface area contributed by atoms with Crippen LogP contribution in [0.5, 0.6) is 5.75 Å². The van der Waals surface area contributed by atoms with Gasteiger partial charge in [0.2, 0.25) is 0 Å². The van der Waals surface area contributed by atoms with E-state index in [1.54, 1.807) is 31.4 Å². The van der Waals surface area contributed by atoms with E-state index in [-0.39, 0.29) is 12.1 Å². The molecule has 0 radical (unpaired) electrons. The number of methoxy groups -OCH3 is 1. The van der Waals surface area contributed by atoms with Crippen LogP contribution in [0.25, 0.3) is 0 Å². The molecule has 3 N–H and O–H groups in total. The summed E-state index contributed by atoms with van der Waals surface area (Å²) in [4.78, 5) is 14.7. The number of ether oxygens (including phenoxy) is 3. The summed E-state index contributed by atoms with van der Waals surface area (Å²) in [7, 11) is 1.58. The number of aliphatic hydroxyl groups is 1. The molecule has 2 bridgehead atoms. The number of amides is 2. The summed E-state index contributed by atoms with van der Waals surface area (Å²) in [5.41, 5.74) is 0.617. The lowest BCUT2D eigenvalue weighted by molar-refractivity contribution is -0.183. The highest BCUT2D eigenvalue weighted by Crippen LogP contribution is 2.32. The van der Waals surface area contributed by atoms with Gasteiger partial charge in [0.1, 0.15) is 11.9 Å². The van der Waals surface area contributed by atoms with Gasteiger partial charge >= 0.3 is 6.03 Å². The summed E-state index contributed by atoms with van der Waals surface area (Å²) in [6, 6.07) is 5.95. The summed E-state index contributed by atoms with van der Waals surface area (Å²) >= 11 is 0. The molecule has 3 aliphatic heterocycles. The maximum absolute atomic E-state index is 12.5. The van der Waals surface area contributed by atoms with Gasteiger partial charge in [0, 0.05) is 11.8 Å². The largest absolute Gasteiger partial charge is 0.497 e. The monoisotopic (exact) mass is 377 g/mol. The molecule has 3 saturated heterocycles. The van der Waals surface area contributed by atoms with E-state index < -0.39 is 24.5 Å². The number of nitrogens with zero attached hydrogens (tertiary/aromatic N) is 1. The van der Waals surface area contributed by atoms with Crippen molar-refractivity contribution in [2.24, 2.45) is 0 Å². The SMILES string of the molecule is COc1cccc(NC(=O)N[C@H]2[C@H](O)[C@@H](N3CCCCC3)[C@@H]3OC[C@H]2O3)c1. The highest BCUT2D eigenvalue weighted by molar-refractivity contribution is 5.89. The van der Waals surface area contributed by atoms with Crippen molar-refractivity contribution < 1.29 is 24.1 Å². The van der Waals surface area contributed by atoms with E-state index in [0.29, 0.717) is 18.0 Å². The third-order valence-electron chi connectivity index (χ3n) is 5.57. The van der Waals surface area contributed by atoms with Crippen LogP contribution >= 0.6 is 0 Å². The Morgan fingerprint density at radius 3 is 2.89 bits per heavy atom. The Hall–Kier alpha value is -1.87. The second-order valence-electron chi connectivity index (χ2n) is 7.31. The first-order chi connectivity index (χ1) is 13.2. The number of likely N-dealkylation sites (tertiary alicyclic amines) is 1. The minimum atomic E-state index is -0.745. The first-order valence-electron chi connectivity index (χ1n) is 9.56. The Morgan fingerprint density at radius 1 is 1.30 bits per heavy atom. The molecule has 27 heavy (non-hydrogen) atoms. The molecule has 5 atom stereocenters. The van der Waals surface area contributed by atoms with Gasteiger partial charge in [-0.3, -0.25) is 4.90 Å². The number of anilines is 1. The lowest BCUT2D eigenvalue weighted by atomic mass is 9.93. The molecule has 8 heteroatoms. The van der Waals surface area contributed by atoms with Crippen LogP contribution in [-0.4, -0.2) is 73.4 Å². The van der Waals surface area contributed by atoms with Crippen molar-refractivity contribution in [1.29, 1.82) is 0 Å². The van der Waals surface area contributed by atoms with E-state index in [1.165, 1.54) is 6.42 Å². The molecule has 1 aromatic carbocycles. The number of rotatable bonds is 4. The summed E-state index contributed by atoms with van der Waals surface area (Å²) in [6.07, 6.45) is 1.90. The molecule has 0 aliphatic carbocycles. The van der Waals surface area contributed by atoms with Crippen LogP contribution in [0.3, 0.4) is 0 Å². The second kappa shape index (κ2) is 8.02. The maximum Gasteiger partial charge on any atom is 0.319 e. The van der Waals surface area contributed by atoms with Crippen molar-refractivity contribution in [1.82, 2.24) is 10.2 Å². The first-order valence-corrected chi connectivity index (χ1v) is 9.56. The lowest BCUT2D eigenvalue weighted by Crippen LogP contribution is -2.66. The van der Waals surface area contributed by atoms with Crippen molar-refractivity contribution in [2.75, 3.05) is 32.1 Å². The first kappa shape index (κ1) is 18.5. The van der Waals surface area contributed by atoms with Crippen molar-refractivity contribution in [3.05, 3.63) is 24.3 Å². The Morgan fingerprint density at radius 2 is 2.11 bits per heavy atom.